The molecule has 0 spiro atoms. The lowest BCUT2D eigenvalue weighted by molar-refractivity contribution is -0.127. The van der Waals surface area contributed by atoms with Crippen molar-refractivity contribution in [3.8, 4) is 0 Å². The Morgan fingerprint density at radius 3 is 2.33 bits per heavy atom. The Labute approximate surface area is 193 Å². The van der Waals surface area contributed by atoms with Crippen LogP contribution in [0.2, 0.25) is 0 Å². The molecule has 1 aromatic heterocycles. The van der Waals surface area contributed by atoms with E-state index in [-0.39, 0.29) is 34.9 Å². The second-order valence-electron chi connectivity index (χ2n) is 10.8. The standard InChI is InChI=1S/C24H31N3O5S/c28-22(25-24-13-16-9-17(14-24)11-18(10-16)15-24)5-8-27-20-4-3-19(12-21(20)32-23(27)29)33(30,31)26-6-1-2-7-26/h3-4,12,16-18H,1-2,5-11,13-15H2,(H,25,28). The number of carbonyl (C=O) groups excluding carboxylic acids is 1. The molecule has 178 valence electrons. The van der Waals surface area contributed by atoms with Crippen molar-refractivity contribution in [2.24, 2.45) is 17.8 Å². The zero-order valence-electron chi connectivity index (χ0n) is 18.8. The summed E-state index contributed by atoms with van der Waals surface area (Å²) in [6.45, 7) is 1.25. The predicted octanol–water partition coefficient (Wildman–Crippen LogP) is 2.85. The van der Waals surface area contributed by atoms with Gasteiger partial charge in [0.05, 0.1) is 10.4 Å². The van der Waals surface area contributed by atoms with Gasteiger partial charge in [-0.15, -0.1) is 0 Å². The quantitative estimate of drug-likeness (QED) is 0.695. The van der Waals surface area contributed by atoms with Crippen LogP contribution in [0.25, 0.3) is 11.1 Å². The van der Waals surface area contributed by atoms with E-state index in [1.165, 1.54) is 40.3 Å². The lowest BCUT2D eigenvalue weighted by atomic mass is 9.53. The van der Waals surface area contributed by atoms with E-state index < -0.39 is 15.8 Å². The summed E-state index contributed by atoms with van der Waals surface area (Å²) in [5, 5.41) is 3.35. The van der Waals surface area contributed by atoms with Crippen LogP contribution in [-0.2, 0) is 21.4 Å². The summed E-state index contributed by atoms with van der Waals surface area (Å²) in [7, 11) is -3.59. The van der Waals surface area contributed by atoms with Gasteiger partial charge in [0.25, 0.3) is 0 Å². The Kier molecular flexibility index (Phi) is 4.99. The van der Waals surface area contributed by atoms with Crippen LogP contribution >= 0.6 is 0 Å². The molecule has 8 nitrogen and oxygen atoms in total. The van der Waals surface area contributed by atoms with Crippen molar-refractivity contribution < 1.29 is 17.6 Å². The third-order valence-electron chi connectivity index (χ3n) is 8.35. The molecular formula is C24H31N3O5S. The number of fused-ring (bicyclic) bond motifs is 1. The van der Waals surface area contributed by atoms with Crippen molar-refractivity contribution in [2.75, 3.05) is 13.1 Å². The molecule has 0 radical (unpaired) electrons. The number of rotatable bonds is 6. The molecule has 2 heterocycles. The molecule has 1 aliphatic heterocycles. The van der Waals surface area contributed by atoms with Crippen LogP contribution in [0.5, 0.6) is 0 Å². The number of nitrogens with zero attached hydrogens (tertiary/aromatic N) is 2. The van der Waals surface area contributed by atoms with Gasteiger partial charge in [0.1, 0.15) is 0 Å². The van der Waals surface area contributed by atoms with Crippen molar-refractivity contribution in [2.45, 2.75) is 74.8 Å². The van der Waals surface area contributed by atoms with Crippen LogP contribution in [0.4, 0.5) is 0 Å². The molecule has 1 aromatic carbocycles. The summed E-state index contributed by atoms with van der Waals surface area (Å²) < 4.78 is 33.9. The highest BCUT2D eigenvalue weighted by Crippen LogP contribution is 2.55. The number of sulfonamides is 1. The molecule has 0 atom stereocenters. The van der Waals surface area contributed by atoms with Crippen molar-refractivity contribution in [1.29, 1.82) is 0 Å². The second kappa shape index (κ2) is 7.70. The maximum Gasteiger partial charge on any atom is 0.419 e. The Bertz CT molecular complexity index is 1220. The molecule has 5 aliphatic rings. The number of benzene rings is 1. The first kappa shape index (κ1) is 21.4. The van der Waals surface area contributed by atoms with E-state index in [2.05, 4.69) is 5.32 Å². The zero-order valence-corrected chi connectivity index (χ0v) is 19.6. The fourth-order valence-electron chi connectivity index (χ4n) is 7.33. The molecule has 33 heavy (non-hydrogen) atoms. The van der Waals surface area contributed by atoms with Gasteiger partial charge >= 0.3 is 5.76 Å². The van der Waals surface area contributed by atoms with E-state index in [4.69, 9.17) is 4.42 Å². The van der Waals surface area contributed by atoms with Gasteiger partial charge in [0, 0.05) is 37.7 Å². The van der Waals surface area contributed by atoms with Crippen molar-refractivity contribution in [1.82, 2.24) is 14.2 Å². The zero-order chi connectivity index (χ0) is 22.8. The van der Waals surface area contributed by atoms with Crippen molar-refractivity contribution in [3.63, 3.8) is 0 Å². The van der Waals surface area contributed by atoms with E-state index in [0.29, 0.717) is 18.6 Å². The van der Waals surface area contributed by atoms with E-state index in [1.807, 2.05) is 0 Å². The number of oxazole rings is 1. The first-order valence-corrected chi connectivity index (χ1v) is 13.7. The van der Waals surface area contributed by atoms with Crippen LogP contribution in [0.3, 0.4) is 0 Å². The summed E-state index contributed by atoms with van der Waals surface area (Å²) >= 11 is 0. The van der Waals surface area contributed by atoms with Gasteiger partial charge in [0.2, 0.25) is 15.9 Å². The number of hydrogen-bond acceptors (Lipinski definition) is 5. The fourth-order valence-corrected chi connectivity index (χ4v) is 8.86. The first-order valence-electron chi connectivity index (χ1n) is 12.3. The van der Waals surface area contributed by atoms with Crippen LogP contribution in [0.1, 0.15) is 57.8 Å². The predicted molar refractivity (Wildman–Crippen MR) is 122 cm³/mol. The van der Waals surface area contributed by atoms with Gasteiger partial charge in [-0.2, -0.15) is 4.31 Å². The highest BCUT2D eigenvalue weighted by Gasteiger charge is 2.51. The minimum Gasteiger partial charge on any atom is -0.408 e. The third-order valence-corrected chi connectivity index (χ3v) is 10.2. The molecule has 7 rings (SSSR count). The number of aromatic nitrogens is 1. The lowest BCUT2D eigenvalue weighted by Gasteiger charge is -2.56. The number of amides is 1. The fraction of sp³-hybridized carbons (Fsp3) is 0.667. The molecule has 0 unspecified atom stereocenters. The van der Waals surface area contributed by atoms with E-state index in [0.717, 1.165) is 49.9 Å². The van der Waals surface area contributed by atoms with Gasteiger partial charge in [-0.1, -0.05) is 0 Å². The third kappa shape index (κ3) is 3.73. The Hall–Kier alpha value is -2.13. The summed E-state index contributed by atoms with van der Waals surface area (Å²) in [6, 6.07) is 4.56. The number of carbonyl (C=O) groups is 1. The molecule has 5 fully saturated rings. The highest BCUT2D eigenvalue weighted by molar-refractivity contribution is 7.89. The van der Waals surface area contributed by atoms with Crippen LogP contribution in [0, 0.1) is 17.8 Å². The number of aryl methyl sites for hydroxylation is 1. The topological polar surface area (TPSA) is 102 Å². The van der Waals surface area contributed by atoms with Gasteiger partial charge in [0.15, 0.2) is 5.58 Å². The average molecular weight is 474 g/mol. The molecule has 4 aliphatic carbocycles. The maximum absolute atomic E-state index is 12.9. The van der Waals surface area contributed by atoms with Gasteiger partial charge in [-0.3, -0.25) is 9.36 Å². The Balaban J connectivity index is 1.17. The normalized spacial score (nSPS) is 31.5. The monoisotopic (exact) mass is 473 g/mol. The maximum atomic E-state index is 12.9. The largest absolute Gasteiger partial charge is 0.419 e. The van der Waals surface area contributed by atoms with E-state index in [9.17, 15) is 18.0 Å². The summed E-state index contributed by atoms with van der Waals surface area (Å²) in [6.07, 6.45) is 9.15. The van der Waals surface area contributed by atoms with Crippen molar-refractivity contribution in [3.05, 3.63) is 28.7 Å². The Morgan fingerprint density at radius 1 is 1.06 bits per heavy atom. The molecule has 4 saturated carbocycles. The molecule has 2 aromatic rings. The van der Waals surface area contributed by atoms with Crippen LogP contribution in [-0.4, -0.2) is 41.8 Å². The van der Waals surface area contributed by atoms with E-state index >= 15 is 0 Å². The molecule has 1 saturated heterocycles. The molecular weight excluding hydrogens is 442 g/mol. The Morgan fingerprint density at radius 2 is 1.70 bits per heavy atom. The van der Waals surface area contributed by atoms with Gasteiger partial charge in [-0.25, -0.2) is 13.2 Å². The molecule has 4 bridgehead atoms. The first-order chi connectivity index (χ1) is 15.8. The van der Waals surface area contributed by atoms with Crippen molar-refractivity contribution >= 4 is 27.0 Å². The molecule has 1 amide bonds. The lowest BCUT2D eigenvalue weighted by Crippen LogP contribution is -2.59. The van der Waals surface area contributed by atoms with Gasteiger partial charge in [-0.05, 0) is 81.3 Å². The average Bonchev–Trinajstić information content (AvgIpc) is 3.38. The minimum atomic E-state index is -3.59. The summed E-state index contributed by atoms with van der Waals surface area (Å²) in [5.41, 5.74) is 0.707. The summed E-state index contributed by atoms with van der Waals surface area (Å²) in [4.78, 5) is 25.5. The van der Waals surface area contributed by atoms with Crippen LogP contribution < -0.4 is 11.1 Å². The minimum absolute atomic E-state index is 0.0218. The van der Waals surface area contributed by atoms with Crippen LogP contribution in [0.15, 0.2) is 32.3 Å². The van der Waals surface area contributed by atoms with Gasteiger partial charge < -0.3 is 9.73 Å². The molecule has 9 heteroatoms. The molecule has 1 N–H and O–H groups in total. The SMILES string of the molecule is O=C(CCn1c(=O)oc2cc(S(=O)(=O)N3CCCC3)ccc21)NC12CC3CC(CC(C3)C1)C2. The smallest absolute Gasteiger partial charge is 0.408 e. The second-order valence-corrected chi connectivity index (χ2v) is 12.7. The summed E-state index contributed by atoms with van der Waals surface area (Å²) in [5.74, 6) is 1.67. The van der Waals surface area contributed by atoms with E-state index in [1.54, 1.807) is 6.07 Å². The number of hydrogen-bond donors (Lipinski definition) is 1. The highest BCUT2D eigenvalue weighted by atomic mass is 32.2. The number of nitrogens with one attached hydrogen (secondary N) is 1.